The van der Waals surface area contributed by atoms with Gasteiger partial charge in [-0.1, -0.05) is 35.8 Å². The molecule has 1 aliphatic rings. The molecule has 1 aromatic carbocycles. The lowest BCUT2D eigenvalue weighted by molar-refractivity contribution is 0.310. The molecule has 0 heterocycles. The molecule has 0 aromatic heterocycles. The summed E-state index contributed by atoms with van der Waals surface area (Å²) >= 11 is 3.48. The first-order valence-electron chi connectivity index (χ1n) is 6.90. The van der Waals surface area contributed by atoms with Crippen LogP contribution in [0.3, 0.4) is 0 Å². The highest BCUT2D eigenvalue weighted by Crippen LogP contribution is 2.39. The van der Waals surface area contributed by atoms with Gasteiger partial charge in [0.15, 0.2) is 0 Å². The van der Waals surface area contributed by atoms with Crippen LogP contribution in [0.5, 0.6) is 0 Å². The monoisotopic (exact) mass is 320 g/mol. The van der Waals surface area contributed by atoms with Gasteiger partial charge in [-0.25, -0.2) is 0 Å². The maximum atomic E-state index is 9.64. The zero-order valence-electron chi connectivity index (χ0n) is 11.7. The van der Waals surface area contributed by atoms with Crippen LogP contribution in [0.4, 0.5) is 5.69 Å². The number of nitrogens with one attached hydrogen (secondary N) is 1. The number of benzene rings is 1. The molecule has 2 rings (SSSR count). The van der Waals surface area contributed by atoms with E-state index in [-0.39, 0.29) is 0 Å². The van der Waals surface area contributed by atoms with E-state index in [2.05, 4.69) is 41.2 Å². The van der Waals surface area contributed by atoms with Gasteiger partial charge in [0, 0.05) is 10.2 Å². The molecule has 1 fully saturated rings. The van der Waals surface area contributed by atoms with E-state index in [0.29, 0.717) is 5.41 Å². The molecule has 1 saturated carbocycles. The molecule has 3 heteroatoms. The van der Waals surface area contributed by atoms with Gasteiger partial charge in [-0.05, 0) is 55.7 Å². The molecule has 1 aromatic rings. The second-order valence-electron chi connectivity index (χ2n) is 6.35. The molecule has 0 bridgehead atoms. The molecule has 102 valence electrons. The highest BCUT2D eigenvalue weighted by Gasteiger charge is 2.35. The lowest BCUT2D eigenvalue weighted by atomic mass is 9.84. The predicted molar refractivity (Wildman–Crippen MR) is 83.0 cm³/mol. The summed E-state index contributed by atoms with van der Waals surface area (Å²) in [5.74, 6) is 0. The van der Waals surface area contributed by atoms with Crippen LogP contribution in [0.25, 0.3) is 0 Å². The van der Waals surface area contributed by atoms with Crippen LogP contribution < -0.4 is 5.32 Å². The van der Waals surface area contributed by atoms with E-state index in [1.54, 1.807) is 0 Å². The van der Waals surface area contributed by atoms with Crippen molar-refractivity contribution >= 4 is 21.6 Å². The van der Waals surface area contributed by atoms with Crippen LogP contribution in [0, 0.1) is 16.7 Å². The summed E-state index contributed by atoms with van der Waals surface area (Å²) < 4.78 is 1.04. The highest BCUT2D eigenvalue weighted by atomic mass is 79.9. The number of rotatable bonds is 2. The smallest absolute Gasteiger partial charge is 0.125 e. The van der Waals surface area contributed by atoms with Crippen molar-refractivity contribution in [2.75, 3.05) is 5.32 Å². The molecule has 1 aliphatic carbocycles. The van der Waals surface area contributed by atoms with Gasteiger partial charge in [-0.15, -0.1) is 0 Å². The second-order valence-corrected chi connectivity index (χ2v) is 7.26. The van der Waals surface area contributed by atoms with Crippen LogP contribution >= 0.6 is 15.9 Å². The molecule has 0 spiro atoms. The number of hydrogen-bond donors (Lipinski definition) is 1. The third kappa shape index (κ3) is 3.73. The molecular formula is C16H21BrN2. The Morgan fingerprint density at radius 2 is 2.00 bits per heavy atom. The number of nitriles is 1. The van der Waals surface area contributed by atoms with E-state index in [1.807, 2.05) is 24.3 Å². The van der Waals surface area contributed by atoms with Gasteiger partial charge >= 0.3 is 0 Å². The van der Waals surface area contributed by atoms with Crippen molar-refractivity contribution in [1.82, 2.24) is 0 Å². The Hall–Kier alpha value is -1.01. The van der Waals surface area contributed by atoms with Gasteiger partial charge in [0.05, 0.1) is 6.07 Å². The van der Waals surface area contributed by atoms with Crippen LogP contribution in [-0.2, 0) is 0 Å². The molecule has 1 N–H and O–H groups in total. The Morgan fingerprint density at radius 1 is 1.21 bits per heavy atom. The largest absolute Gasteiger partial charge is 0.367 e. The first-order valence-corrected chi connectivity index (χ1v) is 7.69. The third-order valence-electron chi connectivity index (χ3n) is 4.11. The zero-order chi connectivity index (χ0) is 13.9. The first-order chi connectivity index (χ1) is 8.95. The maximum absolute atomic E-state index is 9.64. The highest BCUT2D eigenvalue weighted by molar-refractivity contribution is 9.10. The normalized spacial score (nSPS) is 26.2. The molecule has 0 radical (unpaired) electrons. The van der Waals surface area contributed by atoms with Crippen LogP contribution in [-0.4, -0.2) is 5.54 Å². The number of anilines is 1. The molecule has 1 unspecified atom stereocenters. The SMILES string of the molecule is CC1(C)CCCC(C#N)(Nc2cccc(Br)c2)CC1. The van der Waals surface area contributed by atoms with Crippen molar-refractivity contribution in [2.24, 2.45) is 5.41 Å². The Labute approximate surface area is 124 Å². The summed E-state index contributed by atoms with van der Waals surface area (Å²) in [5, 5.41) is 13.1. The Bertz CT molecular complexity index is 490. The van der Waals surface area contributed by atoms with E-state index in [4.69, 9.17) is 0 Å². The third-order valence-corrected chi connectivity index (χ3v) is 4.60. The maximum Gasteiger partial charge on any atom is 0.125 e. The minimum absolute atomic E-state index is 0.359. The van der Waals surface area contributed by atoms with Crippen LogP contribution in [0.15, 0.2) is 28.7 Å². The molecule has 19 heavy (non-hydrogen) atoms. The minimum atomic E-state index is -0.408. The minimum Gasteiger partial charge on any atom is -0.367 e. The topological polar surface area (TPSA) is 35.8 Å². The standard InChI is InChI=1S/C16H21BrN2/c1-15(2)7-4-8-16(12-18,10-9-15)19-14-6-3-5-13(17)11-14/h3,5-6,11,19H,4,7-10H2,1-2H3. The Kier molecular flexibility index (Phi) is 4.20. The number of hydrogen-bond acceptors (Lipinski definition) is 2. The molecule has 1 atom stereocenters. The lowest BCUT2D eigenvalue weighted by Crippen LogP contribution is -2.36. The fraction of sp³-hybridized carbons (Fsp3) is 0.562. The number of halogens is 1. The summed E-state index contributed by atoms with van der Waals surface area (Å²) in [4.78, 5) is 0. The first kappa shape index (κ1) is 14.4. The predicted octanol–water partition coefficient (Wildman–Crippen LogP) is 5.11. The Balaban J connectivity index is 2.17. The molecule has 0 amide bonds. The molecular weight excluding hydrogens is 300 g/mol. The van der Waals surface area contributed by atoms with Crippen LogP contribution in [0.2, 0.25) is 0 Å². The summed E-state index contributed by atoms with van der Waals surface area (Å²) in [6, 6.07) is 10.6. The van der Waals surface area contributed by atoms with Crippen LogP contribution in [0.1, 0.15) is 46.0 Å². The van der Waals surface area contributed by atoms with Crippen molar-refractivity contribution in [3.8, 4) is 6.07 Å². The molecule has 2 nitrogen and oxygen atoms in total. The Morgan fingerprint density at radius 3 is 2.68 bits per heavy atom. The van der Waals surface area contributed by atoms with Crippen molar-refractivity contribution < 1.29 is 0 Å². The van der Waals surface area contributed by atoms with E-state index in [9.17, 15) is 5.26 Å². The van der Waals surface area contributed by atoms with Crippen molar-refractivity contribution in [1.29, 1.82) is 5.26 Å². The van der Waals surface area contributed by atoms with Crippen molar-refractivity contribution in [3.63, 3.8) is 0 Å². The van der Waals surface area contributed by atoms with Gasteiger partial charge < -0.3 is 5.32 Å². The number of nitrogens with zero attached hydrogens (tertiary/aromatic N) is 1. The average Bonchev–Trinajstić information content (AvgIpc) is 2.49. The fourth-order valence-electron chi connectivity index (χ4n) is 2.78. The summed E-state index contributed by atoms with van der Waals surface area (Å²) in [5.41, 5.74) is 0.974. The lowest BCUT2D eigenvalue weighted by Gasteiger charge is -2.28. The summed E-state index contributed by atoms with van der Waals surface area (Å²) in [6.45, 7) is 4.61. The van der Waals surface area contributed by atoms with Gasteiger partial charge in [-0.2, -0.15) is 5.26 Å². The van der Waals surface area contributed by atoms with Crippen molar-refractivity contribution in [2.45, 2.75) is 51.5 Å². The van der Waals surface area contributed by atoms with Crippen molar-refractivity contribution in [3.05, 3.63) is 28.7 Å². The van der Waals surface area contributed by atoms with Gasteiger partial charge in [-0.3, -0.25) is 0 Å². The van der Waals surface area contributed by atoms with E-state index >= 15 is 0 Å². The summed E-state index contributed by atoms with van der Waals surface area (Å²) in [7, 11) is 0. The van der Waals surface area contributed by atoms with E-state index < -0.39 is 5.54 Å². The van der Waals surface area contributed by atoms with E-state index in [1.165, 1.54) is 6.42 Å². The average molecular weight is 321 g/mol. The van der Waals surface area contributed by atoms with E-state index in [0.717, 1.165) is 35.8 Å². The van der Waals surface area contributed by atoms with Gasteiger partial charge in [0.1, 0.15) is 5.54 Å². The van der Waals surface area contributed by atoms with Gasteiger partial charge in [0.25, 0.3) is 0 Å². The second kappa shape index (κ2) is 5.54. The molecule has 0 aliphatic heterocycles. The quantitative estimate of drug-likeness (QED) is 0.768. The summed E-state index contributed by atoms with van der Waals surface area (Å²) in [6.07, 6.45) is 5.27. The van der Waals surface area contributed by atoms with Gasteiger partial charge in [0.2, 0.25) is 0 Å². The zero-order valence-corrected chi connectivity index (χ0v) is 13.3. The fourth-order valence-corrected chi connectivity index (χ4v) is 3.18. The molecule has 0 saturated heterocycles.